The third-order valence-corrected chi connectivity index (χ3v) is 25.7. The van der Waals surface area contributed by atoms with Crippen LogP contribution in [0, 0.1) is 0 Å². The van der Waals surface area contributed by atoms with E-state index in [0.717, 1.165) is 28.7 Å². The summed E-state index contributed by atoms with van der Waals surface area (Å²) in [6.45, 7) is 31.5. The molecule has 2 aliphatic rings. The standard InChI is InChI=1S/C44H71B2NO4P2/c1-15-52(16-2,17-3)32-34-21-25-37(26-22-34)47(38-27-23-36(24-28-38)45-48-41(7,8)42(9,10)49-45)39-29-30-40(46-50-43(11,12)44(13,14)51-46)35(31-39)33-53(18-4,19-5)20-6/h21-31,52-53H,15-20,32-33H2,1-14H3. The molecule has 0 unspecified atom stereocenters. The molecule has 0 radical (unpaired) electrons. The minimum absolute atomic E-state index is 0.388. The van der Waals surface area contributed by atoms with Crippen molar-refractivity contribution in [3.8, 4) is 0 Å². The van der Waals surface area contributed by atoms with E-state index in [0.29, 0.717) is 0 Å². The van der Waals surface area contributed by atoms with Crippen LogP contribution in [0.3, 0.4) is 0 Å². The number of nitrogens with zero attached hydrogens (tertiary/aromatic N) is 1. The molecule has 0 aromatic heterocycles. The van der Waals surface area contributed by atoms with E-state index in [4.69, 9.17) is 18.6 Å². The summed E-state index contributed by atoms with van der Waals surface area (Å²) in [5, 5.41) is 0. The average molecular weight is 762 g/mol. The average Bonchev–Trinajstić information content (AvgIpc) is 3.49. The van der Waals surface area contributed by atoms with Crippen LogP contribution >= 0.6 is 14.5 Å². The van der Waals surface area contributed by atoms with E-state index in [1.54, 1.807) is 0 Å². The molecule has 9 heteroatoms. The van der Waals surface area contributed by atoms with Gasteiger partial charge in [0, 0.05) is 0 Å². The Morgan fingerprint density at radius 2 is 0.849 bits per heavy atom. The summed E-state index contributed by atoms with van der Waals surface area (Å²) in [6.07, 6.45) is 10.1. The van der Waals surface area contributed by atoms with Crippen LogP contribution in [0.5, 0.6) is 0 Å². The maximum atomic E-state index is 6.71. The van der Waals surface area contributed by atoms with Crippen LogP contribution in [0.1, 0.15) is 108 Å². The first-order valence-electron chi connectivity index (χ1n) is 20.7. The van der Waals surface area contributed by atoms with Crippen LogP contribution in [0.15, 0.2) is 66.7 Å². The molecule has 3 aromatic rings. The van der Waals surface area contributed by atoms with Crippen molar-refractivity contribution in [1.29, 1.82) is 0 Å². The summed E-state index contributed by atoms with van der Waals surface area (Å²) in [7, 11) is -3.67. The van der Waals surface area contributed by atoms with Gasteiger partial charge in [-0.25, -0.2) is 0 Å². The molecule has 2 aliphatic heterocycles. The van der Waals surface area contributed by atoms with Gasteiger partial charge in [-0.3, -0.25) is 0 Å². The zero-order chi connectivity index (χ0) is 39.0. The van der Waals surface area contributed by atoms with Gasteiger partial charge in [0.1, 0.15) is 0 Å². The monoisotopic (exact) mass is 762 g/mol. The topological polar surface area (TPSA) is 40.2 Å². The molecule has 0 spiro atoms. The fraction of sp³-hybridized carbons (Fsp3) is 0.591. The number of rotatable bonds is 15. The van der Waals surface area contributed by atoms with Gasteiger partial charge in [0.25, 0.3) is 0 Å². The van der Waals surface area contributed by atoms with Crippen LogP contribution in [0.25, 0.3) is 0 Å². The Morgan fingerprint density at radius 3 is 1.28 bits per heavy atom. The molecule has 5 rings (SSSR count). The molecular weight excluding hydrogens is 690 g/mol. The quantitative estimate of drug-likeness (QED) is 0.114. The Morgan fingerprint density at radius 1 is 0.472 bits per heavy atom. The molecule has 53 heavy (non-hydrogen) atoms. The van der Waals surface area contributed by atoms with Gasteiger partial charge < -0.3 is 0 Å². The van der Waals surface area contributed by atoms with E-state index in [-0.39, 0.29) is 11.2 Å². The first-order valence-corrected chi connectivity index (χ1v) is 26.3. The molecular formula is C44H71B2NO4P2. The van der Waals surface area contributed by atoms with Crippen molar-refractivity contribution >= 4 is 56.7 Å². The van der Waals surface area contributed by atoms with Crippen molar-refractivity contribution in [3.05, 3.63) is 77.9 Å². The fourth-order valence-corrected chi connectivity index (χ4v) is 14.9. The molecule has 0 atom stereocenters. The zero-order valence-electron chi connectivity index (χ0n) is 35.7. The fourth-order valence-electron chi connectivity index (χ4n) is 8.14. The Balaban J connectivity index is 1.61. The second kappa shape index (κ2) is 16.0. The first kappa shape index (κ1) is 42.4. The van der Waals surface area contributed by atoms with Crippen molar-refractivity contribution in [2.45, 2.75) is 132 Å². The molecule has 2 fully saturated rings. The van der Waals surface area contributed by atoms with Gasteiger partial charge in [-0.15, -0.1) is 0 Å². The van der Waals surface area contributed by atoms with Crippen LogP contribution in [0.2, 0.25) is 0 Å². The van der Waals surface area contributed by atoms with E-state index >= 15 is 0 Å². The number of hydrogen-bond acceptors (Lipinski definition) is 5. The molecule has 292 valence electrons. The van der Waals surface area contributed by atoms with Crippen LogP contribution in [-0.4, -0.2) is 73.6 Å². The van der Waals surface area contributed by atoms with Gasteiger partial charge in [-0.05, 0) is 27.7 Å². The van der Waals surface area contributed by atoms with Crippen LogP contribution in [-0.2, 0) is 30.9 Å². The summed E-state index contributed by atoms with van der Waals surface area (Å²) >= 11 is 0. The Bertz CT molecular complexity index is 1640. The first-order chi connectivity index (χ1) is 24.8. The molecule has 0 aliphatic carbocycles. The zero-order valence-corrected chi connectivity index (χ0v) is 37.7. The number of benzene rings is 3. The van der Waals surface area contributed by atoms with Crippen molar-refractivity contribution in [1.82, 2.24) is 0 Å². The van der Waals surface area contributed by atoms with E-state index < -0.39 is 40.0 Å². The van der Waals surface area contributed by atoms with E-state index in [2.05, 4.69) is 169 Å². The second-order valence-corrected chi connectivity index (χ2v) is 29.1. The van der Waals surface area contributed by atoms with Gasteiger partial charge >= 0.3 is 299 Å². The third kappa shape index (κ3) is 8.52. The van der Waals surface area contributed by atoms with Gasteiger partial charge in [0.2, 0.25) is 0 Å². The SMILES string of the molecule is CC[PH](CC)(CC)Cc1ccc(N(c2ccc(B3OC(C)(C)C(C)(C)O3)cc2)c2ccc(B3OC(C)(C)C(C)(C)O3)c(C[PH](CC)(CC)CC)c2)cc1. The molecule has 0 bridgehead atoms. The summed E-state index contributed by atoms with van der Waals surface area (Å²) in [5.74, 6) is 0. The number of anilines is 3. The summed E-state index contributed by atoms with van der Waals surface area (Å²) in [6, 6.07) is 25.2. The van der Waals surface area contributed by atoms with Crippen molar-refractivity contribution in [3.63, 3.8) is 0 Å². The van der Waals surface area contributed by atoms with E-state index in [1.807, 2.05) is 0 Å². The van der Waals surface area contributed by atoms with Gasteiger partial charge in [-0.1, -0.05) is 0 Å². The van der Waals surface area contributed by atoms with Crippen molar-refractivity contribution in [2.75, 3.05) is 41.9 Å². The molecule has 0 saturated carbocycles. The van der Waals surface area contributed by atoms with E-state index in [1.165, 1.54) is 59.7 Å². The Kier molecular flexibility index (Phi) is 12.8. The molecule has 3 aromatic carbocycles. The summed E-state index contributed by atoms with van der Waals surface area (Å²) < 4.78 is 26.3. The predicted molar refractivity (Wildman–Crippen MR) is 240 cm³/mol. The normalized spacial score (nSPS) is 19.8. The minimum atomic E-state index is -1.57. The molecule has 5 nitrogen and oxygen atoms in total. The molecule has 2 heterocycles. The summed E-state index contributed by atoms with van der Waals surface area (Å²) in [4.78, 5) is 2.42. The van der Waals surface area contributed by atoms with Crippen LogP contribution < -0.4 is 15.8 Å². The molecule has 0 amide bonds. The van der Waals surface area contributed by atoms with Crippen molar-refractivity contribution < 1.29 is 18.6 Å². The van der Waals surface area contributed by atoms with Gasteiger partial charge in [-0.2, -0.15) is 0 Å². The third-order valence-electron chi connectivity index (χ3n) is 14.4. The molecule has 2 saturated heterocycles. The van der Waals surface area contributed by atoms with Crippen LogP contribution in [0.4, 0.5) is 17.1 Å². The Hall–Kier alpha value is -1.71. The van der Waals surface area contributed by atoms with Gasteiger partial charge in [0.05, 0.1) is 0 Å². The van der Waals surface area contributed by atoms with Crippen molar-refractivity contribution in [2.24, 2.45) is 0 Å². The Labute approximate surface area is 325 Å². The van der Waals surface area contributed by atoms with Gasteiger partial charge in [0.15, 0.2) is 0 Å². The van der Waals surface area contributed by atoms with E-state index in [9.17, 15) is 0 Å². The molecule has 0 N–H and O–H groups in total. The summed E-state index contributed by atoms with van der Waals surface area (Å²) in [5.41, 5.74) is 6.87. The predicted octanol–water partition coefficient (Wildman–Crippen LogP) is 10.4. The number of hydrogen-bond donors (Lipinski definition) is 0. The second-order valence-electron chi connectivity index (χ2n) is 18.1. The maximum absolute atomic E-state index is 6.71.